The van der Waals surface area contributed by atoms with Gasteiger partial charge in [0, 0.05) is 44.4 Å². The van der Waals surface area contributed by atoms with Crippen molar-refractivity contribution in [1.82, 2.24) is 19.8 Å². The first-order chi connectivity index (χ1) is 15.8. The summed E-state index contributed by atoms with van der Waals surface area (Å²) in [5, 5.41) is 13.4. The SMILES string of the molecule is CCCCN1CCN(c2ccc(/N=C3/C(C(C)(C)C)=Nn4c(COC)nnc43)c(C)c2)CC1. The Morgan fingerprint density at radius 3 is 2.48 bits per heavy atom. The van der Waals surface area contributed by atoms with Crippen molar-refractivity contribution >= 4 is 22.8 Å². The Hall–Kier alpha value is -2.58. The van der Waals surface area contributed by atoms with Crippen molar-refractivity contribution < 1.29 is 4.74 Å². The quantitative estimate of drug-likeness (QED) is 0.635. The van der Waals surface area contributed by atoms with Crippen LogP contribution < -0.4 is 4.90 Å². The van der Waals surface area contributed by atoms with Gasteiger partial charge in [0.2, 0.25) is 5.82 Å². The van der Waals surface area contributed by atoms with Crippen LogP contribution in [0.1, 0.15) is 57.7 Å². The Bertz CT molecular complexity index is 1040. The minimum absolute atomic E-state index is 0.171. The highest BCUT2D eigenvalue weighted by Crippen LogP contribution is 2.30. The summed E-state index contributed by atoms with van der Waals surface area (Å²) in [6, 6.07) is 6.57. The first-order valence-corrected chi connectivity index (χ1v) is 12.0. The summed E-state index contributed by atoms with van der Waals surface area (Å²) in [4.78, 5) is 10.1. The van der Waals surface area contributed by atoms with Gasteiger partial charge in [0.15, 0.2) is 5.82 Å². The van der Waals surface area contributed by atoms with Gasteiger partial charge in [-0.3, -0.25) is 4.90 Å². The maximum Gasteiger partial charge on any atom is 0.205 e. The van der Waals surface area contributed by atoms with E-state index in [-0.39, 0.29) is 5.41 Å². The number of aliphatic imine (C=N–C) groups is 1. The molecule has 8 nitrogen and oxygen atoms in total. The lowest BCUT2D eigenvalue weighted by Crippen LogP contribution is -2.46. The smallest absolute Gasteiger partial charge is 0.205 e. The number of unbranched alkanes of at least 4 members (excludes halogenated alkanes) is 1. The van der Waals surface area contributed by atoms with Gasteiger partial charge >= 0.3 is 0 Å². The van der Waals surface area contributed by atoms with Crippen LogP contribution in [0, 0.1) is 12.3 Å². The molecule has 1 saturated heterocycles. The molecule has 4 rings (SSSR count). The summed E-state index contributed by atoms with van der Waals surface area (Å²) in [6.07, 6.45) is 2.55. The Morgan fingerprint density at radius 1 is 1.09 bits per heavy atom. The molecule has 178 valence electrons. The average molecular weight is 452 g/mol. The van der Waals surface area contributed by atoms with Crippen LogP contribution in [-0.4, -0.2) is 71.0 Å². The van der Waals surface area contributed by atoms with Crippen LogP contribution in [0.5, 0.6) is 0 Å². The first-order valence-electron chi connectivity index (χ1n) is 12.0. The topological polar surface area (TPSA) is 71.1 Å². The number of hydrogen-bond donors (Lipinski definition) is 0. The second-order valence-electron chi connectivity index (χ2n) is 10.00. The zero-order chi connectivity index (χ0) is 23.6. The molecule has 1 aromatic carbocycles. The zero-order valence-electron chi connectivity index (χ0n) is 20.9. The van der Waals surface area contributed by atoms with E-state index in [0.717, 1.165) is 48.9 Å². The molecule has 2 aromatic rings. The van der Waals surface area contributed by atoms with Gasteiger partial charge < -0.3 is 9.64 Å². The fourth-order valence-electron chi connectivity index (χ4n) is 4.34. The minimum Gasteiger partial charge on any atom is -0.377 e. The molecular formula is C25H37N7O. The van der Waals surface area contributed by atoms with Gasteiger partial charge in [-0.1, -0.05) is 34.1 Å². The molecule has 0 aliphatic carbocycles. The van der Waals surface area contributed by atoms with Crippen LogP contribution in [0.15, 0.2) is 28.3 Å². The van der Waals surface area contributed by atoms with E-state index in [0.29, 0.717) is 18.3 Å². The van der Waals surface area contributed by atoms with Crippen LogP contribution in [-0.2, 0) is 11.3 Å². The lowest BCUT2D eigenvalue weighted by atomic mass is 9.87. The van der Waals surface area contributed by atoms with Gasteiger partial charge in [-0.15, -0.1) is 10.2 Å². The van der Waals surface area contributed by atoms with Gasteiger partial charge in [0.25, 0.3) is 0 Å². The molecular weight excluding hydrogens is 414 g/mol. The van der Waals surface area contributed by atoms with E-state index in [2.05, 4.69) is 72.8 Å². The largest absolute Gasteiger partial charge is 0.377 e. The second kappa shape index (κ2) is 9.73. The Morgan fingerprint density at radius 2 is 1.85 bits per heavy atom. The molecule has 33 heavy (non-hydrogen) atoms. The van der Waals surface area contributed by atoms with Crippen molar-refractivity contribution in [2.24, 2.45) is 15.5 Å². The van der Waals surface area contributed by atoms with Crippen LogP contribution in [0.4, 0.5) is 11.4 Å². The number of methoxy groups -OCH3 is 1. The molecule has 0 N–H and O–H groups in total. The fourth-order valence-corrected chi connectivity index (χ4v) is 4.34. The number of rotatable bonds is 7. The van der Waals surface area contributed by atoms with Gasteiger partial charge in [-0.2, -0.15) is 9.78 Å². The minimum atomic E-state index is -0.171. The van der Waals surface area contributed by atoms with E-state index in [4.69, 9.17) is 14.8 Å². The molecule has 2 aliphatic heterocycles. The maximum absolute atomic E-state index is 5.26. The van der Waals surface area contributed by atoms with Crippen molar-refractivity contribution in [1.29, 1.82) is 0 Å². The van der Waals surface area contributed by atoms with Crippen molar-refractivity contribution in [2.75, 3.05) is 44.7 Å². The molecule has 1 aromatic heterocycles. The number of hydrogen-bond acceptors (Lipinski definition) is 7. The van der Waals surface area contributed by atoms with Crippen LogP contribution in [0.25, 0.3) is 0 Å². The van der Waals surface area contributed by atoms with E-state index < -0.39 is 0 Å². The summed E-state index contributed by atoms with van der Waals surface area (Å²) in [5.41, 5.74) is 4.89. The third-order valence-corrected chi connectivity index (χ3v) is 6.30. The van der Waals surface area contributed by atoms with E-state index >= 15 is 0 Å². The molecule has 0 amide bonds. The summed E-state index contributed by atoms with van der Waals surface area (Å²) < 4.78 is 7.03. The van der Waals surface area contributed by atoms with Gasteiger partial charge in [-0.05, 0) is 43.7 Å². The van der Waals surface area contributed by atoms with E-state index in [9.17, 15) is 0 Å². The van der Waals surface area contributed by atoms with Crippen molar-refractivity contribution in [2.45, 2.75) is 54.1 Å². The van der Waals surface area contributed by atoms with Crippen LogP contribution in [0.3, 0.4) is 0 Å². The number of ether oxygens (including phenoxy) is 1. The summed E-state index contributed by atoms with van der Waals surface area (Å²) in [6.45, 7) is 16.8. The molecule has 3 heterocycles. The number of benzene rings is 1. The number of fused-ring (bicyclic) bond motifs is 1. The van der Waals surface area contributed by atoms with Gasteiger partial charge in [-0.25, -0.2) is 4.99 Å². The highest BCUT2D eigenvalue weighted by atomic mass is 16.5. The molecule has 0 radical (unpaired) electrons. The molecule has 0 atom stereocenters. The van der Waals surface area contributed by atoms with Crippen molar-refractivity contribution in [3.63, 3.8) is 0 Å². The second-order valence-corrected chi connectivity index (χ2v) is 10.00. The number of piperazine rings is 1. The van der Waals surface area contributed by atoms with E-state index in [1.807, 2.05) is 0 Å². The summed E-state index contributed by atoms with van der Waals surface area (Å²) in [5.74, 6) is 1.36. The number of aromatic nitrogens is 3. The number of aryl methyl sites for hydroxylation is 1. The molecule has 8 heteroatoms. The van der Waals surface area contributed by atoms with Gasteiger partial charge in [0.1, 0.15) is 12.3 Å². The highest BCUT2D eigenvalue weighted by Gasteiger charge is 2.35. The zero-order valence-corrected chi connectivity index (χ0v) is 20.9. The lowest BCUT2D eigenvalue weighted by Gasteiger charge is -2.36. The molecule has 0 saturated carbocycles. The monoisotopic (exact) mass is 451 g/mol. The highest BCUT2D eigenvalue weighted by molar-refractivity contribution is 6.50. The molecule has 0 spiro atoms. The molecule has 0 unspecified atom stereocenters. The Kier molecular flexibility index (Phi) is 6.95. The Labute approximate surface area is 197 Å². The van der Waals surface area contributed by atoms with Gasteiger partial charge in [0.05, 0.1) is 11.4 Å². The average Bonchev–Trinajstić information content (AvgIpc) is 3.35. The molecule has 1 fully saturated rings. The predicted octanol–water partition coefficient (Wildman–Crippen LogP) is 4.04. The standard InChI is InChI=1S/C25H37N7O/c1-7-8-11-30-12-14-31(15-13-30)19-9-10-20(18(2)16-19)26-22-23(25(3,4)5)29-32-21(17-33-6)27-28-24(22)32/h9-10,16H,7-8,11-15,17H2,1-6H3/b26-22-. The number of nitrogens with zero attached hydrogens (tertiary/aromatic N) is 7. The van der Waals surface area contributed by atoms with Crippen LogP contribution >= 0.6 is 0 Å². The predicted molar refractivity (Wildman–Crippen MR) is 134 cm³/mol. The molecule has 2 aliphatic rings. The summed E-state index contributed by atoms with van der Waals surface area (Å²) >= 11 is 0. The third-order valence-electron chi connectivity index (χ3n) is 6.30. The lowest BCUT2D eigenvalue weighted by molar-refractivity contribution is 0.175. The van der Waals surface area contributed by atoms with E-state index in [1.54, 1.807) is 11.8 Å². The first kappa shape index (κ1) is 23.6. The molecule has 0 bridgehead atoms. The Balaban J connectivity index is 1.57. The van der Waals surface area contributed by atoms with Crippen molar-refractivity contribution in [3.05, 3.63) is 35.4 Å². The van der Waals surface area contributed by atoms with E-state index in [1.165, 1.54) is 25.1 Å². The number of anilines is 1. The van der Waals surface area contributed by atoms with Crippen LogP contribution in [0.2, 0.25) is 0 Å². The van der Waals surface area contributed by atoms with Crippen molar-refractivity contribution in [3.8, 4) is 0 Å². The maximum atomic E-state index is 5.26. The third kappa shape index (κ3) is 5.01. The fraction of sp³-hybridized carbons (Fsp3) is 0.600. The summed E-state index contributed by atoms with van der Waals surface area (Å²) in [7, 11) is 1.65. The normalized spacial score (nSPS) is 18.2.